The van der Waals surface area contributed by atoms with Crippen molar-refractivity contribution in [2.45, 2.75) is 91.9 Å². The van der Waals surface area contributed by atoms with E-state index < -0.39 is 0 Å². The second kappa shape index (κ2) is 5.88. The number of fused-ring (bicyclic) bond motifs is 5. The maximum Gasteiger partial charge on any atom is -0.0152 e. The number of hydrogen-bond donors (Lipinski definition) is 0. The maximum absolute atomic E-state index is 4.37. The molecule has 0 radical (unpaired) electrons. The Bertz CT molecular complexity index is 504. The monoisotopic (exact) mass is 328 g/mol. The van der Waals surface area contributed by atoms with Gasteiger partial charge in [0.05, 0.1) is 0 Å². The molecule has 136 valence electrons. The van der Waals surface area contributed by atoms with Crippen molar-refractivity contribution < 1.29 is 0 Å². The van der Waals surface area contributed by atoms with Gasteiger partial charge in [0.15, 0.2) is 0 Å². The summed E-state index contributed by atoms with van der Waals surface area (Å²) in [4.78, 5) is 0. The number of rotatable bonds is 2. The molecule has 0 aromatic rings. The molecule has 24 heavy (non-hydrogen) atoms. The lowest BCUT2D eigenvalue weighted by molar-refractivity contribution is -0.116. The molecule has 0 bridgehead atoms. The summed E-state index contributed by atoms with van der Waals surface area (Å²) in [5.74, 6) is 5.96. The predicted molar refractivity (Wildman–Crippen MR) is 104 cm³/mol. The summed E-state index contributed by atoms with van der Waals surface area (Å²) in [6, 6.07) is 0. The van der Waals surface area contributed by atoms with Crippen molar-refractivity contribution in [1.82, 2.24) is 0 Å². The fourth-order valence-electron chi connectivity index (χ4n) is 8.53. The van der Waals surface area contributed by atoms with Gasteiger partial charge in [-0.3, -0.25) is 0 Å². The Labute approximate surface area is 150 Å². The first-order chi connectivity index (χ1) is 11.4. The molecule has 0 nitrogen and oxygen atoms in total. The van der Waals surface area contributed by atoms with Gasteiger partial charge in [0.25, 0.3) is 0 Å². The van der Waals surface area contributed by atoms with Crippen LogP contribution in [-0.2, 0) is 0 Å². The van der Waals surface area contributed by atoms with Crippen LogP contribution in [0.2, 0.25) is 0 Å². The summed E-state index contributed by atoms with van der Waals surface area (Å²) in [7, 11) is 0. The highest BCUT2D eigenvalue weighted by molar-refractivity contribution is 5.15. The molecule has 4 rings (SSSR count). The molecule has 0 aliphatic heterocycles. The van der Waals surface area contributed by atoms with Crippen LogP contribution in [-0.4, -0.2) is 0 Å². The van der Waals surface area contributed by atoms with Gasteiger partial charge in [-0.2, -0.15) is 0 Å². The summed E-state index contributed by atoms with van der Waals surface area (Å²) in [6.07, 6.45) is 15.0. The molecule has 0 heteroatoms. The van der Waals surface area contributed by atoms with Crippen LogP contribution in [0.3, 0.4) is 0 Å². The third-order valence-corrected chi connectivity index (χ3v) is 9.95. The highest BCUT2D eigenvalue weighted by Gasteiger charge is 2.59. The van der Waals surface area contributed by atoms with E-state index in [4.69, 9.17) is 0 Å². The molecular formula is C24H40. The van der Waals surface area contributed by atoms with E-state index in [1.165, 1.54) is 50.5 Å². The number of hydrogen-bond acceptors (Lipinski definition) is 0. The Hall–Kier alpha value is -0.260. The smallest absolute Gasteiger partial charge is 0.0152 e. The van der Waals surface area contributed by atoms with Crippen LogP contribution in [0.15, 0.2) is 12.2 Å². The van der Waals surface area contributed by atoms with Gasteiger partial charge in [-0.1, -0.05) is 39.3 Å². The van der Waals surface area contributed by atoms with Crippen LogP contribution < -0.4 is 0 Å². The lowest BCUT2D eigenvalue weighted by atomic mass is 9.44. The normalized spacial score (nSPS) is 53.8. The molecule has 0 spiro atoms. The van der Waals surface area contributed by atoms with Crippen LogP contribution in [0.4, 0.5) is 0 Å². The minimum absolute atomic E-state index is 0.580. The first kappa shape index (κ1) is 17.2. The van der Waals surface area contributed by atoms with Crippen molar-refractivity contribution in [1.29, 1.82) is 0 Å². The molecule has 8 unspecified atom stereocenters. The van der Waals surface area contributed by atoms with Crippen LogP contribution in [0, 0.1) is 46.3 Å². The predicted octanol–water partition coefficient (Wildman–Crippen LogP) is 7.25. The Balaban J connectivity index is 1.59. The summed E-state index contributed by atoms with van der Waals surface area (Å²) in [5, 5.41) is 0. The molecule has 8 atom stereocenters. The van der Waals surface area contributed by atoms with Crippen LogP contribution >= 0.6 is 0 Å². The topological polar surface area (TPSA) is 0 Å². The molecule has 4 aliphatic rings. The van der Waals surface area contributed by atoms with Gasteiger partial charge in [-0.15, -0.1) is 0 Å². The Kier molecular flexibility index (Phi) is 4.21. The molecule has 4 saturated carbocycles. The minimum atomic E-state index is 0.580. The van der Waals surface area contributed by atoms with Crippen molar-refractivity contribution in [3.8, 4) is 0 Å². The Morgan fingerprint density at radius 1 is 0.917 bits per heavy atom. The summed E-state index contributed by atoms with van der Waals surface area (Å²) >= 11 is 0. The van der Waals surface area contributed by atoms with Gasteiger partial charge in [-0.25, -0.2) is 0 Å². The van der Waals surface area contributed by atoms with Gasteiger partial charge < -0.3 is 0 Å². The van der Waals surface area contributed by atoms with Crippen LogP contribution in [0.25, 0.3) is 0 Å². The maximum atomic E-state index is 4.37. The molecule has 0 heterocycles. The van der Waals surface area contributed by atoms with Crippen molar-refractivity contribution in [2.75, 3.05) is 0 Å². The zero-order valence-corrected chi connectivity index (χ0v) is 16.7. The third-order valence-electron chi connectivity index (χ3n) is 9.95. The van der Waals surface area contributed by atoms with E-state index in [2.05, 4.69) is 34.3 Å². The van der Waals surface area contributed by atoms with E-state index in [1.807, 2.05) is 0 Å². The van der Waals surface area contributed by atoms with Gasteiger partial charge in [0.1, 0.15) is 0 Å². The molecule has 4 fully saturated rings. The van der Waals surface area contributed by atoms with Crippen molar-refractivity contribution in [3.05, 3.63) is 12.2 Å². The van der Waals surface area contributed by atoms with E-state index in [1.54, 1.807) is 19.3 Å². The first-order valence-corrected chi connectivity index (χ1v) is 11.1. The standard InChI is InChI=1S/C24H40/c1-6-17-11-13-23(4)18(15-17)7-8-19-21-10-9-20(16(2)3)24(21,5)14-12-22(19)23/h17-22H,2,6-15H2,1,3-5H3. The quantitative estimate of drug-likeness (QED) is 0.468. The van der Waals surface area contributed by atoms with E-state index >= 15 is 0 Å². The molecule has 0 saturated heterocycles. The largest absolute Gasteiger partial charge is 0.0998 e. The second-order valence-corrected chi connectivity index (χ2v) is 10.7. The van der Waals surface area contributed by atoms with E-state index in [-0.39, 0.29) is 0 Å². The van der Waals surface area contributed by atoms with Crippen molar-refractivity contribution in [2.24, 2.45) is 46.3 Å². The number of allylic oxidation sites excluding steroid dienone is 1. The molecule has 0 aromatic heterocycles. The zero-order valence-electron chi connectivity index (χ0n) is 16.7. The zero-order chi connectivity index (χ0) is 17.1. The lowest BCUT2D eigenvalue weighted by Gasteiger charge is -2.61. The molecule has 0 aromatic carbocycles. The van der Waals surface area contributed by atoms with Gasteiger partial charge >= 0.3 is 0 Å². The third kappa shape index (κ3) is 2.30. The minimum Gasteiger partial charge on any atom is -0.0998 e. The fraction of sp³-hybridized carbons (Fsp3) is 0.917. The first-order valence-electron chi connectivity index (χ1n) is 11.1. The van der Waals surface area contributed by atoms with E-state index in [0.717, 1.165) is 35.5 Å². The van der Waals surface area contributed by atoms with Crippen molar-refractivity contribution in [3.63, 3.8) is 0 Å². The Morgan fingerprint density at radius 3 is 2.33 bits per heavy atom. The average Bonchev–Trinajstić information content (AvgIpc) is 2.91. The lowest BCUT2D eigenvalue weighted by Crippen LogP contribution is -2.53. The average molecular weight is 329 g/mol. The van der Waals surface area contributed by atoms with Gasteiger partial charge in [0.2, 0.25) is 0 Å². The summed E-state index contributed by atoms with van der Waals surface area (Å²) in [6.45, 7) is 14.5. The Morgan fingerprint density at radius 2 is 1.62 bits per heavy atom. The summed E-state index contributed by atoms with van der Waals surface area (Å²) in [5.41, 5.74) is 2.73. The molecule has 0 amide bonds. The highest BCUT2D eigenvalue weighted by atomic mass is 14.6. The molecule has 0 N–H and O–H groups in total. The molecular weight excluding hydrogens is 288 g/mol. The summed E-state index contributed by atoms with van der Waals surface area (Å²) < 4.78 is 0. The van der Waals surface area contributed by atoms with Crippen molar-refractivity contribution >= 4 is 0 Å². The van der Waals surface area contributed by atoms with Gasteiger partial charge in [0, 0.05) is 0 Å². The highest BCUT2D eigenvalue weighted by Crippen LogP contribution is 2.68. The van der Waals surface area contributed by atoms with Crippen LogP contribution in [0.1, 0.15) is 91.9 Å². The van der Waals surface area contributed by atoms with Crippen LogP contribution in [0.5, 0.6) is 0 Å². The second-order valence-electron chi connectivity index (χ2n) is 10.7. The van der Waals surface area contributed by atoms with Gasteiger partial charge in [-0.05, 0) is 111 Å². The fourth-order valence-corrected chi connectivity index (χ4v) is 8.53. The molecule has 4 aliphatic carbocycles. The SMILES string of the molecule is C=C(C)C1CCC2C3CCC4CC(CC)CCC4(C)C3CCC12C. The van der Waals surface area contributed by atoms with E-state index in [0.29, 0.717) is 10.8 Å². The van der Waals surface area contributed by atoms with E-state index in [9.17, 15) is 0 Å².